The number of rotatable bonds is 9. The summed E-state index contributed by atoms with van der Waals surface area (Å²) in [5.74, 6) is 0.150. The van der Waals surface area contributed by atoms with Crippen molar-refractivity contribution in [2.24, 2.45) is 17.8 Å². The standard InChI is InChI=1S/C24H34O4/c1-18(13-14-21-11-6-5-7-12-21)9-8-10-19(2)16-24(4)17-20(3)22(27-28-24)15-23(25)26/h5-8,10-14,18-20,22H,9,15-17H2,1-4H3,(H,25,26)/t18?,19?,20-,22+,24+/m0/s1. The molecule has 1 saturated heterocycles. The van der Waals surface area contributed by atoms with E-state index in [2.05, 4.69) is 57.2 Å². The third-order valence-electron chi connectivity index (χ3n) is 5.28. The monoisotopic (exact) mass is 386 g/mol. The van der Waals surface area contributed by atoms with Gasteiger partial charge in [0, 0.05) is 0 Å². The highest BCUT2D eigenvalue weighted by Gasteiger charge is 2.39. The molecule has 1 aromatic rings. The number of aliphatic carboxylic acids is 1. The van der Waals surface area contributed by atoms with Crippen molar-refractivity contribution in [1.82, 2.24) is 0 Å². The fourth-order valence-electron chi connectivity index (χ4n) is 3.84. The maximum absolute atomic E-state index is 10.9. The number of hydrogen-bond acceptors (Lipinski definition) is 3. The maximum Gasteiger partial charge on any atom is 0.306 e. The largest absolute Gasteiger partial charge is 0.481 e. The first-order valence-corrected chi connectivity index (χ1v) is 10.2. The topological polar surface area (TPSA) is 55.8 Å². The third kappa shape index (κ3) is 7.61. The highest BCUT2D eigenvalue weighted by atomic mass is 17.2. The zero-order chi connectivity index (χ0) is 20.6. The van der Waals surface area contributed by atoms with Crippen molar-refractivity contribution in [2.45, 2.75) is 65.1 Å². The predicted octanol–water partition coefficient (Wildman–Crippen LogP) is 5.90. The Labute approximate surface area is 169 Å². The summed E-state index contributed by atoms with van der Waals surface area (Å²) in [5, 5.41) is 8.95. The van der Waals surface area contributed by atoms with Gasteiger partial charge in [0.15, 0.2) is 0 Å². The highest BCUT2D eigenvalue weighted by molar-refractivity contribution is 5.67. The normalized spacial score (nSPS) is 27.9. The van der Waals surface area contributed by atoms with E-state index < -0.39 is 5.97 Å². The molecule has 0 bridgehead atoms. The molecular weight excluding hydrogens is 352 g/mol. The van der Waals surface area contributed by atoms with Gasteiger partial charge in [-0.15, -0.1) is 0 Å². The van der Waals surface area contributed by atoms with Crippen LogP contribution in [-0.2, 0) is 14.6 Å². The van der Waals surface area contributed by atoms with E-state index in [0.717, 1.165) is 19.3 Å². The van der Waals surface area contributed by atoms with E-state index in [-0.39, 0.29) is 24.0 Å². The van der Waals surface area contributed by atoms with Gasteiger partial charge in [0.2, 0.25) is 0 Å². The number of hydrogen-bond donors (Lipinski definition) is 1. The van der Waals surface area contributed by atoms with Crippen molar-refractivity contribution >= 4 is 12.0 Å². The van der Waals surface area contributed by atoms with Crippen LogP contribution in [0.4, 0.5) is 0 Å². The van der Waals surface area contributed by atoms with Gasteiger partial charge in [-0.3, -0.25) is 4.79 Å². The zero-order valence-corrected chi connectivity index (χ0v) is 17.5. The Bertz CT molecular complexity index is 666. The Kier molecular flexibility index (Phi) is 8.46. The van der Waals surface area contributed by atoms with Gasteiger partial charge in [-0.2, -0.15) is 0 Å². The summed E-state index contributed by atoms with van der Waals surface area (Å²) in [7, 11) is 0. The summed E-state index contributed by atoms with van der Waals surface area (Å²) in [6.07, 6.45) is 11.2. The molecule has 1 heterocycles. The molecule has 4 nitrogen and oxygen atoms in total. The van der Waals surface area contributed by atoms with Crippen molar-refractivity contribution in [3.8, 4) is 0 Å². The van der Waals surface area contributed by atoms with E-state index in [4.69, 9.17) is 14.9 Å². The third-order valence-corrected chi connectivity index (χ3v) is 5.28. The van der Waals surface area contributed by atoms with Crippen LogP contribution in [-0.4, -0.2) is 22.8 Å². The maximum atomic E-state index is 10.9. The Morgan fingerprint density at radius 3 is 2.61 bits per heavy atom. The number of allylic oxidation sites excluding steroid dienone is 3. The summed E-state index contributed by atoms with van der Waals surface area (Å²) >= 11 is 0. The van der Waals surface area contributed by atoms with Gasteiger partial charge in [0.1, 0.15) is 11.7 Å². The second-order valence-corrected chi connectivity index (χ2v) is 8.54. The second-order valence-electron chi connectivity index (χ2n) is 8.54. The second kappa shape index (κ2) is 10.6. The summed E-state index contributed by atoms with van der Waals surface area (Å²) < 4.78 is 0. The summed E-state index contributed by atoms with van der Waals surface area (Å²) in [5.41, 5.74) is 0.848. The number of carbonyl (C=O) groups is 1. The quantitative estimate of drug-likeness (QED) is 0.424. The Morgan fingerprint density at radius 1 is 1.25 bits per heavy atom. The van der Waals surface area contributed by atoms with Crippen molar-refractivity contribution in [3.05, 3.63) is 54.1 Å². The van der Waals surface area contributed by atoms with E-state index in [1.807, 2.05) is 25.1 Å². The molecule has 0 saturated carbocycles. The molecule has 1 fully saturated rings. The van der Waals surface area contributed by atoms with Gasteiger partial charge in [0.25, 0.3) is 0 Å². The molecule has 1 aliphatic rings. The molecule has 0 aromatic heterocycles. The molecule has 28 heavy (non-hydrogen) atoms. The number of carboxylic acids is 1. The van der Waals surface area contributed by atoms with Crippen LogP contribution in [0.15, 0.2) is 48.6 Å². The number of carboxylic acid groups (broad SMARTS) is 1. The minimum absolute atomic E-state index is 0.0128. The van der Waals surface area contributed by atoms with Gasteiger partial charge >= 0.3 is 5.97 Å². The minimum atomic E-state index is -0.851. The van der Waals surface area contributed by atoms with E-state index in [9.17, 15) is 4.79 Å². The van der Waals surface area contributed by atoms with Crippen molar-refractivity contribution in [2.75, 3.05) is 0 Å². The first kappa shape index (κ1) is 22.4. The Hall–Kier alpha value is -1.91. The van der Waals surface area contributed by atoms with Crippen LogP contribution >= 0.6 is 0 Å². The predicted molar refractivity (Wildman–Crippen MR) is 113 cm³/mol. The van der Waals surface area contributed by atoms with Gasteiger partial charge in [-0.1, -0.05) is 75.4 Å². The van der Waals surface area contributed by atoms with Crippen LogP contribution < -0.4 is 0 Å². The minimum Gasteiger partial charge on any atom is -0.481 e. The van der Waals surface area contributed by atoms with Crippen LogP contribution in [0, 0.1) is 17.8 Å². The smallest absolute Gasteiger partial charge is 0.306 e. The lowest BCUT2D eigenvalue weighted by molar-refractivity contribution is -0.417. The van der Waals surface area contributed by atoms with Gasteiger partial charge in [0.05, 0.1) is 6.42 Å². The van der Waals surface area contributed by atoms with Gasteiger partial charge in [-0.05, 0) is 49.5 Å². The van der Waals surface area contributed by atoms with Crippen molar-refractivity contribution in [3.63, 3.8) is 0 Å². The van der Waals surface area contributed by atoms with E-state index >= 15 is 0 Å². The molecule has 1 aliphatic heterocycles. The van der Waals surface area contributed by atoms with Crippen molar-refractivity contribution < 1.29 is 19.7 Å². The first-order valence-electron chi connectivity index (χ1n) is 10.2. The van der Waals surface area contributed by atoms with Gasteiger partial charge < -0.3 is 5.11 Å². The molecule has 1 aromatic carbocycles. The van der Waals surface area contributed by atoms with Crippen molar-refractivity contribution in [1.29, 1.82) is 0 Å². The lowest BCUT2D eigenvalue weighted by Crippen LogP contribution is -2.44. The molecule has 4 heteroatoms. The lowest BCUT2D eigenvalue weighted by Gasteiger charge is -2.40. The molecule has 0 radical (unpaired) electrons. The van der Waals surface area contributed by atoms with E-state index in [1.54, 1.807) is 0 Å². The van der Waals surface area contributed by atoms with Crippen LogP contribution in [0.3, 0.4) is 0 Å². The lowest BCUT2D eigenvalue weighted by atomic mass is 9.82. The fourth-order valence-corrected chi connectivity index (χ4v) is 3.84. The molecule has 0 aliphatic carbocycles. The molecule has 2 unspecified atom stereocenters. The van der Waals surface area contributed by atoms with Crippen LogP contribution in [0.2, 0.25) is 0 Å². The van der Waals surface area contributed by atoms with Crippen LogP contribution in [0.1, 0.15) is 58.9 Å². The van der Waals surface area contributed by atoms with Crippen LogP contribution in [0.5, 0.6) is 0 Å². The SMILES string of the molecule is CC(C=Cc1ccccc1)CC=CC(C)C[C@]1(C)C[C@H](C)[C@@H](CC(=O)O)OO1. The average Bonchev–Trinajstić information content (AvgIpc) is 2.63. The summed E-state index contributed by atoms with van der Waals surface area (Å²) in [6, 6.07) is 10.3. The molecule has 1 N–H and O–H groups in total. The molecule has 5 atom stereocenters. The number of benzene rings is 1. The molecule has 154 valence electrons. The highest BCUT2D eigenvalue weighted by Crippen LogP contribution is 2.36. The molecule has 0 amide bonds. The van der Waals surface area contributed by atoms with E-state index in [0.29, 0.717) is 11.8 Å². The summed E-state index contributed by atoms with van der Waals surface area (Å²) in [4.78, 5) is 21.9. The fraction of sp³-hybridized carbons (Fsp3) is 0.542. The summed E-state index contributed by atoms with van der Waals surface area (Å²) in [6.45, 7) is 8.49. The molecule has 2 rings (SSSR count). The first-order chi connectivity index (χ1) is 13.3. The molecule has 0 spiro atoms. The molecular formula is C24H34O4. The van der Waals surface area contributed by atoms with Crippen LogP contribution in [0.25, 0.3) is 6.08 Å². The van der Waals surface area contributed by atoms with Gasteiger partial charge in [-0.25, -0.2) is 9.78 Å². The Morgan fingerprint density at radius 2 is 1.96 bits per heavy atom. The van der Waals surface area contributed by atoms with E-state index in [1.165, 1.54) is 5.56 Å². The Balaban J connectivity index is 1.77. The average molecular weight is 387 g/mol. The zero-order valence-electron chi connectivity index (χ0n) is 17.5.